The summed E-state index contributed by atoms with van der Waals surface area (Å²) in [6, 6.07) is 4.44. The van der Waals surface area contributed by atoms with Gasteiger partial charge in [0.1, 0.15) is 18.2 Å². The van der Waals surface area contributed by atoms with E-state index in [9.17, 15) is 4.39 Å². The van der Waals surface area contributed by atoms with Crippen LogP contribution >= 0.6 is 11.6 Å². The van der Waals surface area contributed by atoms with Gasteiger partial charge >= 0.3 is 0 Å². The lowest BCUT2D eigenvalue weighted by Crippen LogP contribution is -1.95. The third kappa shape index (κ3) is 3.07. The highest BCUT2D eigenvalue weighted by molar-refractivity contribution is 6.25. The summed E-state index contributed by atoms with van der Waals surface area (Å²) < 4.78 is 18.0. The van der Waals surface area contributed by atoms with Crippen LogP contribution in [0.3, 0.4) is 0 Å². The highest BCUT2D eigenvalue weighted by Crippen LogP contribution is 2.18. The summed E-state index contributed by atoms with van der Waals surface area (Å²) in [4.78, 5) is 0. The van der Waals surface area contributed by atoms with Crippen LogP contribution < -0.4 is 4.74 Å². The number of rotatable bonds is 3. The molecule has 3 heteroatoms. The van der Waals surface area contributed by atoms with Gasteiger partial charge in [-0.2, -0.15) is 0 Å². The Bertz CT molecular complexity index is 310. The van der Waals surface area contributed by atoms with Crippen LogP contribution in [0.4, 0.5) is 4.39 Å². The van der Waals surface area contributed by atoms with Gasteiger partial charge in [0.05, 0.1) is 0 Å². The van der Waals surface area contributed by atoms with Gasteiger partial charge in [0.25, 0.3) is 0 Å². The molecule has 0 aliphatic rings. The van der Waals surface area contributed by atoms with E-state index in [1.165, 1.54) is 17.7 Å². The Morgan fingerprint density at radius 3 is 3.00 bits per heavy atom. The lowest BCUT2D eigenvalue weighted by molar-refractivity contribution is 0.358. The van der Waals surface area contributed by atoms with Crippen LogP contribution in [-0.2, 0) is 0 Å². The molecule has 0 aliphatic heterocycles. The van der Waals surface area contributed by atoms with Gasteiger partial charge in [-0.15, -0.1) is 0 Å². The lowest BCUT2D eigenvalue weighted by Gasteiger charge is -2.05. The molecule has 0 radical (unpaired) electrons. The first kappa shape index (κ1) is 10.1. The molecule has 0 atom stereocenters. The normalized spacial score (nSPS) is 10.7. The summed E-state index contributed by atoms with van der Waals surface area (Å²) in [6.45, 7) is 2.22. The maximum atomic E-state index is 12.7. The Morgan fingerprint density at radius 1 is 1.54 bits per heavy atom. The Morgan fingerprint density at radius 2 is 2.31 bits per heavy atom. The summed E-state index contributed by atoms with van der Waals surface area (Å²) in [5.74, 6) is 0.255. The molecule has 0 saturated carbocycles. The van der Waals surface area contributed by atoms with Gasteiger partial charge in [-0.25, -0.2) is 4.39 Å². The summed E-state index contributed by atoms with van der Waals surface area (Å²) in [6.07, 6.45) is 1.64. The summed E-state index contributed by atoms with van der Waals surface area (Å²) in [5, 5.41) is 0. The molecule has 13 heavy (non-hydrogen) atoms. The second-order valence-electron chi connectivity index (χ2n) is 2.58. The van der Waals surface area contributed by atoms with Gasteiger partial charge in [0.15, 0.2) is 0 Å². The standard InChI is InChI=1S/C10H10ClFO/c1-8-3-4-9(12)7-10(8)13-6-2-5-11/h2-5,7H,6H2,1H3/b5-2+. The minimum atomic E-state index is -0.296. The zero-order valence-electron chi connectivity index (χ0n) is 7.26. The number of ether oxygens (including phenoxy) is 1. The fraction of sp³-hybridized carbons (Fsp3) is 0.200. The van der Waals surface area contributed by atoms with Gasteiger partial charge in [-0.05, 0) is 24.6 Å². The molecule has 1 rings (SSSR count). The number of hydrogen-bond acceptors (Lipinski definition) is 1. The van der Waals surface area contributed by atoms with Crippen molar-refractivity contribution in [1.82, 2.24) is 0 Å². The van der Waals surface area contributed by atoms with Crippen molar-refractivity contribution in [3.05, 3.63) is 41.2 Å². The molecule has 0 aromatic heterocycles. The maximum Gasteiger partial charge on any atom is 0.126 e. The molecular weight excluding hydrogens is 191 g/mol. The number of aryl methyl sites for hydroxylation is 1. The Kier molecular flexibility index (Phi) is 3.77. The predicted octanol–water partition coefficient (Wildman–Crippen LogP) is 3.27. The first-order chi connectivity index (χ1) is 6.24. The van der Waals surface area contributed by atoms with Crippen LogP contribution in [0, 0.1) is 12.7 Å². The average molecular weight is 201 g/mol. The van der Waals surface area contributed by atoms with Gasteiger partial charge < -0.3 is 4.74 Å². The van der Waals surface area contributed by atoms with Crippen molar-refractivity contribution in [2.45, 2.75) is 6.92 Å². The zero-order chi connectivity index (χ0) is 9.68. The molecule has 0 unspecified atom stereocenters. The Hall–Kier alpha value is -1.02. The highest BCUT2D eigenvalue weighted by Gasteiger charge is 1.99. The van der Waals surface area contributed by atoms with Crippen LogP contribution in [0.2, 0.25) is 0 Å². The van der Waals surface area contributed by atoms with E-state index in [4.69, 9.17) is 16.3 Å². The van der Waals surface area contributed by atoms with E-state index in [0.717, 1.165) is 5.56 Å². The molecular formula is C10H10ClFO. The second-order valence-corrected chi connectivity index (χ2v) is 2.83. The van der Waals surface area contributed by atoms with Crippen molar-refractivity contribution < 1.29 is 9.13 Å². The fourth-order valence-electron chi connectivity index (χ4n) is 0.904. The van der Waals surface area contributed by atoms with Crippen molar-refractivity contribution in [3.63, 3.8) is 0 Å². The van der Waals surface area contributed by atoms with Crippen molar-refractivity contribution in [3.8, 4) is 5.75 Å². The monoisotopic (exact) mass is 200 g/mol. The van der Waals surface area contributed by atoms with Crippen LogP contribution in [0.25, 0.3) is 0 Å². The van der Waals surface area contributed by atoms with E-state index < -0.39 is 0 Å². The Balaban J connectivity index is 2.69. The second kappa shape index (κ2) is 4.87. The molecule has 0 amide bonds. The Labute approximate surface area is 81.8 Å². The summed E-state index contributed by atoms with van der Waals surface area (Å²) in [7, 11) is 0. The molecule has 1 aromatic rings. The van der Waals surface area contributed by atoms with Crippen LogP contribution in [0.15, 0.2) is 29.8 Å². The molecule has 0 aliphatic carbocycles. The van der Waals surface area contributed by atoms with Crippen LogP contribution in [-0.4, -0.2) is 6.61 Å². The minimum Gasteiger partial charge on any atom is -0.489 e. The van der Waals surface area contributed by atoms with Crippen molar-refractivity contribution in [2.75, 3.05) is 6.61 Å². The molecule has 70 valence electrons. The number of hydrogen-bond donors (Lipinski definition) is 0. The van der Waals surface area contributed by atoms with E-state index in [-0.39, 0.29) is 5.82 Å². The van der Waals surface area contributed by atoms with Crippen molar-refractivity contribution in [2.24, 2.45) is 0 Å². The van der Waals surface area contributed by atoms with Gasteiger partial charge in [-0.1, -0.05) is 17.7 Å². The third-order valence-corrected chi connectivity index (χ3v) is 1.75. The lowest BCUT2D eigenvalue weighted by atomic mass is 10.2. The average Bonchev–Trinajstić information content (AvgIpc) is 2.11. The van der Waals surface area contributed by atoms with Gasteiger partial charge in [0, 0.05) is 11.6 Å². The first-order valence-electron chi connectivity index (χ1n) is 3.88. The quantitative estimate of drug-likeness (QED) is 0.728. The van der Waals surface area contributed by atoms with E-state index >= 15 is 0 Å². The van der Waals surface area contributed by atoms with Crippen LogP contribution in [0.5, 0.6) is 5.75 Å². The van der Waals surface area contributed by atoms with E-state index in [1.54, 1.807) is 12.1 Å². The van der Waals surface area contributed by atoms with Crippen LogP contribution in [0.1, 0.15) is 5.56 Å². The molecule has 0 heterocycles. The topological polar surface area (TPSA) is 9.23 Å². The molecule has 0 bridgehead atoms. The summed E-state index contributed by atoms with van der Waals surface area (Å²) in [5.41, 5.74) is 2.28. The molecule has 0 fully saturated rings. The maximum absolute atomic E-state index is 12.7. The third-order valence-electron chi connectivity index (χ3n) is 1.57. The van der Waals surface area contributed by atoms with E-state index in [0.29, 0.717) is 12.4 Å². The van der Waals surface area contributed by atoms with Crippen molar-refractivity contribution in [1.29, 1.82) is 0 Å². The van der Waals surface area contributed by atoms with E-state index in [2.05, 4.69) is 0 Å². The van der Waals surface area contributed by atoms with Gasteiger partial charge in [0.2, 0.25) is 0 Å². The van der Waals surface area contributed by atoms with Gasteiger partial charge in [-0.3, -0.25) is 0 Å². The number of halogens is 2. The summed E-state index contributed by atoms with van der Waals surface area (Å²) >= 11 is 5.30. The number of benzene rings is 1. The van der Waals surface area contributed by atoms with E-state index in [1.807, 2.05) is 6.92 Å². The molecule has 0 N–H and O–H groups in total. The fourth-order valence-corrected chi connectivity index (χ4v) is 0.976. The smallest absolute Gasteiger partial charge is 0.126 e. The van der Waals surface area contributed by atoms with Crippen molar-refractivity contribution >= 4 is 11.6 Å². The molecule has 1 nitrogen and oxygen atoms in total. The zero-order valence-corrected chi connectivity index (χ0v) is 8.01. The molecule has 0 spiro atoms. The SMILES string of the molecule is Cc1ccc(F)cc1OC/C=C/Cl. The predicted molar refractivity (Wildman–Crippen MR) is 51.6 cm³/mol. The molecule has 1 aromatic carbocycles. The largest absolute Gasteiger partial charge is 0.489 e. The minimum absolute atomic E-state index is 0.296. The highest BCUT2D eigenvalue weighted by atomic mass is 35.5. The molecule has 0 saturated heterocycles. The first-order valence-corrected chi connectivity index (χ1v) is 4.32.